The van der Waals surface area contributed by atoms with E-state index in [0.717, 1.165) is 37.8 Å². The zero-order valence-corrected chi connectivity index (χ0v) is 10.5. The fourth-order valence-electron chi connectivity index (χ4n) is 1.39. The molecule has 4 nitrogen and oxygen atoms in total. The molecule has 106 valence electrons. The summed E-state index contributed by atoms with van der Waals surface area (Å²) in [6, 6.07) is 1.92. The minimum atomic E-state index is -4.49. The number of aromatic nitrogens is 1. The third-order valence-corrected chi connectivity index (χ3v) is 2.38. The topological polar surface area (TPSA) is 54.0 Å². The Morgan fingerprint density at radius 1 is 1.32 bits per heavy atom. The standard InChI is InChI=1S/C12H16F3N3O/c1-2-16-6-3-7-17-11(19)9-4-5-10(18-8-9)12(13,14)15/h4-5,8,16H,2-3,6-7H2,1H3,(H,17,19). The Labute approximate surface area is 109 Å². The fraction of sp³-hybridized carbons (Fsp3) is 0.500. The molecule has 0 fully saturated rings. The molecular formula is C12H16F3N3O. The maximum atomic E-state index is 12.3. The summed E-state index contributed by atoms with van der Waals surface area (Å²) in [6.07, 6.45) is -2.79. The summed E-state index contributed by atoms with van der Waals surface area (Å²) in [5.74, 6) is -0.419. The van der Waals surface area contributed by atoms with Gasteiger partial charge in [-0.3, -0.25) is 9.78 Å². The van der Waals surface area contributed by atoms with E-state index in [1.54, 1.807) is 0 Å². The van der Waals surface area contributed by atoms with Gasteiger partial charge in [0.2, 0.25) is 0 Å². The Kier molecular flexibility index (Phi) is 5.75. The van der Waals surface area contributed by atoms with Gasteiger partial charge in [0.05, 0.1) is 5.56 Å². The Balaban J connectivity index is 2.45. The normalized spacial score (nSPS) is 11.4. The van der Waals surface area contributed by atoms with Crippen LogP contribution in [0.5, 0.6) is 0 Å². The van der Waals surface area contributed by atoms with Crippen LogP contribution in [0.15, 0.2) is 18.3 Å². The van der Waals surface area contributed by atoms with Crippen LogP contribution in [-0.4, -0.2) is 30.5 Å². The van der Waals surface area contributed by atoms with E-state index in [-0.39, 0.29) is 5.56 Å². The van der Waals surface area contributed by atoms with Crippen LogP contribution in [-0.2, 0) is 6.18 Å². The number of pyridine rings is 1. The first-order chi connectivity index (χ1) is 8.95. The Bertz CT molecular complexity index is 404. The third-order valence-electron chi connectivity index (χ3n) is 2.38. The number of halogens is 3. The largest absolute Gasteiger partial charge is 0.433 e. The lowest BCUT2D eigenvalue weighted by molar-refractivity contribution is -0.141. The summed E-state index contributed by atoms with van der Waals surface area (Å²) in [5.41, 5.74) is -0.882. The summed E-state index contributed by atoms with van der Waals surface area (Å²) in [6.45, 7) is 4.08. The molecule has 0 aromatic carbocycles. The van der Waals surface area contributed by atoms with Gasteiger partial charge in [0, 0.05) is 12.7 Å². The van der Waals surface area contributed by atoms with Gasteiger partial charge < -0.3 is 10.6 Å². The van der Waals surface area contributed by atoms with Gasteiger partial charge in [0.25, 0.3) is 5.91 Å². The number of carbonyl (C=O) groups excluding carboxylic acids is 1. The van der Waals surface area contributed by atoms with Gasteiger partial charge in [0.15, 0.2) is 0 Å². The molecule has 1 aromatic heterocycles. The molecule has 7 heteroatoms. The van der Waals surface area contributed by atoms with Crippen LogP contribution in [0.3, 0.4) is 0 Å². The molecule has 0 aliphatic heterocycles. The number of nitrogens with one attached hydrogen (secondary N) is 2. The van der Waals surface area contributed by atoms with Gasteiger partial charge >= 0.3 is 6.18 Å². The lowest BCUT2D eigenvalue weighted by Gasteiger charge is -2.07. The van der Waals surface area contributed by atoms with Crippen molar-refractivity contribution >= 4 is 5.91 Å². The van der Waals surface area contributed by atoms with Gasteiger partial charge in [0.1, 0.15) is 5.69 Å². The number of alkyl halides is 3. The number of rotatable bonds is 6. The van der Waals surface area contributed by atoms with E-state index in [2.05, 4.69) is 15.6 Å². The molecule has 19 heavy (non-hydrogen) atoms. The van der Waals surface area contributed by atoms with Crippen molar-refractivity contribution in [3.8, 4) is 0 Å². The van der Waals surface area contributed by atoms with Crippen molar-refractivity contribution in [2.24, 2.45) is 0 Å². The quantitative estimate of drug-likeness (QED) is 0.779. The minimum Gasteiger partial charge on any atom is -0.352 e. The lowest BCUT2D eigenvalue weighted by Crippen LogP contribution is -2.27. The second-order valence-electron chi connectivity index (χ2n) is 3.89. The summed E-state index contributed by atoms with van der Waals surface area (Å²) >= 11 is 0. The third kappa shape index (κ3) is 5.25. The highest BCUT2D eigenvalue weighted by molar-refractivity contribution is 5.93. The van der Waals surface area contributed by atoms with Crippen LogP contribution in [0, 0.1) is 0 Å². The van der Waals surface area contributed by atoms with Gasteiger partial charge in [-0.1, -0.05) is 6.92 Å². The highest BCUT2D eigenvalue weighted by Gasteiger charge is 2.32. The number of amides is 1. The van der Waals surface area contributed by atoms with Crippen LogP contribution < -0.4 is 10.6 Å². The van der Waals surface area contributed by atoms with E-state index < -0.39 is 17.8 Å². The van der Waals surface area contributed by atoms with Crippen LogP contribution in [0.4, 0.5) is 13.2 Å². The molecule has 1 rings (SSSR count). The molecule has 0 bridgehead atoms. The van der Waals surface area contributed by atoms with Crippen molar-refractivity contribution < 1.29 is 18.0 Å². The minimum absolute atomic E-state index is 0.122. The van der Waals surface area contributed by atoms with Crippen LogP contribution in [0.2, 0.25) is 0 Å². The van der Waals surface area contributed by atoms with Crippen molar-refractivity contribution in [2.75, 3.05) is 19.6 Å². The smallest absolute Gasteiger partial charge is 0.352 e. The van der Waals surface area contributed by atoms with E-state index in [1.807, 2.05) is 6.92 Å². The molecule has 0 atom stereocenters. The van der Waals surface area contributed by atoms with Gasteiger partial charge in [-0.2, -0.15) is 13.2 Å². The average Bonchev–Trinajstić information content (AvgIpc) is 2.37. The Morgan fingerprint density at radius 3 is 2.58 bits per heavy atom. The maximum absolute atomic E-state index is 12.3. The molecule has 1 aromatic rings. The summed E-state index contributed by atoms with van der Waals surface area (Å²) in [7, 11) is 0. The zero-order valence-electron chi connectivity index (χ0n) is 10.5. The summed E-state index contributed by atoms with van der Waals surface area (Å²) in [5, 5.41) is 5.71. The van der Waals surface area contributed by atoms with Crippen LogP contribution in [0.25, 0.3) is 0 Å². The molecule has 0 spiro atoms. The van der Waals surface area contributed by atoms with Crippen molar-refractivity contribution in [3.05, 3.63) is 29.6 Å². The van der Waals surface area contributed by atoms with Gasteiger partial charge in [-0.25, -0.2) is 0 Å². The molecule has 0 saturated heterocycles. The highest BCUT2D eigenvalue weighted by Crippen LogP contribution is 2.27. The van der Waals surface area contributed by atoms with Crippen molar-refractivity contribution in [3.63, 3.8) is 0 Å². The highest BCUT2D eigenvalue weighted by atomic mass is 19.4. The predicted molar refractivity (Wildman–Crippen MR) is 64.7 cm³/mol. The lowest BCUT2D eigenvalue weighted by atomic mass is 10.2. The molecule has 0 aliphatic carbocycles. The molecule has 1 heterocycles. The molecule has 1 amide bonds. The van der Waals surface area contributed by atoms with Crippen molar-refractivity contribution in [2.45, 2.75) is 19.5 Å². The first-order valence-electron chi connectivity index (χ1n) is 5.97. The molecule has 2 N–H and O–H groups in total. The predicted octanol–water partition coefficient (Wildman–Crippen LogP) is 1.83. The Morgan fingerprint density at radius 2 is 2.05 bits per heavy atom. The first kappa shape index (κ1) is 15.4. The van der Waals surface area contributed by atoms with E-state index in [4.69, 9.17) is 0 Å². The number of hydrogen-bond acceptors (Lipinski definition) is 3. The molecule has 0 unspecified atom stereocenters. The van der Waals surface area contributed by atoms with Crippen molar-refractivity contribution in [1.82, 2.24) is 15.6 Å². The molecule has 0 radical (unpaired) electrons. The fourth-order valence-corrected chi connectivity index (χ4v) is 1.39. The monoisotopic (exact) mass is 275 g/mol. The SMILES string of the molecule is CCNCCCNC(=O)c1ccc(C(F)(F)F)nc1. The molecule has 0 aliphatic rings. The average molecular weight is 275 g/mol. The summed E-state index contributed by atoms with van der Waals surface area (Å²) < 4.78 is 36.8. The van der Waals surface area contributed by atoms with E-state index >= 15 is 0 Å². The van der Waals surface area contributed by atoms with Crippen LogP contribution in [0.1, 0.15) is 29.4 Å². The van der Waals surface area contributed by atoms with E-state index in [0.29, 0.717) is 6.54 Å². The number of carbonyl (C=O) groups is 1. The second kappa shape index (κ2) is 7.08. The first-order valence-corrected chi connectivity index (χ1v) is 5.97. The van der Waals surface area contributed by atoms with E-state index in [9.17, 15) is 18.0 Å². The molecule has 0 saturated carbocycles. The maximum Gasteiger partial charge on any atom is 0.433 e. The zero-order chi connectivity index (χ0) is 14.3. The van der Waals surface area contributed by atoms with Gasteiger partial charge in [-0.05, 0) is 31.6 Å². The second-order valence-corrected chi connectivity index (χ2v) is 3.89. The number of nitrogens with zero attached hydrogens (tertiary/aromatic N) is 1. The molecular weight excluding hydrogens is 259 g/mol. The van der Waals surface area contributed by atoms with Crippen molar-refractivity contribution in [1.29, 1.82) is 0 Å². The van der Waals surface area contributed by atoms with E-state index in [1.165, 1.54) is 0 Å². The Hall–Kier alpha value is -1.63. The number of hydrogen-bond donors (Lipinski definition) is 2. The van der Waals surface area contributed by atoms with Gasteiger partial charge in [-0.15, -0.1) is 0 Å². The summed E-state index contributed by atoms with van der Waals surface area (Å²) in [4.78, 5) is 14.8. The van der Waals surface area contributed by atoms with Crippen LogP contribution >= 0.6 is 0 Å².